The van der Waals surface area contributed by atoms with E-state index in [0.29, 0.717) is 0 Å². The molecule has 0 amide bonds. The van der Waals surface area contributed by atoms with Crippen molar-refractivity contribution >= 4 is 121 Å². The maximum Gasteiger partial charge on any atom is 0.0541 e. The molecule has 0 aliphatic rings. The largest absolute Gasteiger partial charge is 0.310 e. The minimum Gasteiger partial charge on any atom is -0.310 e. The average molecular weight is 1630 g/mol. The molecule has 4 nitrogen and oxygen atoms in total. The van der Waals surface area contributed by atoms with Crippen LogP contribution in [0.4, 0.5) is 34.1 Å². The Kier molecular flexibility index (Phi) is 18.6. The quantitative estimate of drug-likeness (QED) is 0.0845. The highest BCUT2D eigenvalue weighted by Gasteiger charge is 2.24. The molecular formula is C124H82N4. The summed E-state index contributed by atoms with van der Waals surface area (Å²) in [4.78, 5) is 4.82. The lowest BCUT2D eigenvalue weighted by molar-refractivity contribution is 1.18. The van der Waals surface area contributed by atoms with Gasteiger partial charge in [-0.15, -0.1) is 0 Å². The van der Waals surface area contributed by atoms with Crippen LogP contribution in [0.2, 0.25) is 0 Å². The fourth-order valence-corrected chi connectivity index (χ4v) is 19.9. The van der Waals surface area contributed by atoms with Crippen LogP contribution in [0.1, 0.15) is 0 Å². The standard InChI is InChI=1S/C124H82N4/c1-2-23-83(24-3-1)94-29-20-30-97(79-94)112-34-9-14-41-118(112)126(103-73-63-91(64-74-103)108-40-22-28-89-26-5-7-32-106(89)108)102-69-59-87(60-70-102)85-49-53-93(54-50-85)117-82-96(66-78-124(117)128-122-45-18-12-37-115(122)116-38-13-19-46-123(116)128)95-65-76-109-98(80-95)55-56-99-81-104(75-77-110(99)109)125(101-71-61-90(62-72-101)107-39-21-27-88-25-4-6-31-105(88)107)100-67-57-86(58-68-100)84-47-51-92(52-48-84)111-33-8-15-42-119(111)127-120-43-16-10-35-113(120)114-36-11-17-44-121(114)127/h1-82H. The molecule has 0 aliphatic carbocycles. The van der Waals surface area contributed by atoms with E-state index in [1.165, 1.54) is 126 Å². The average Bonchev–Trinajstić information content (AvgIpc) is 1.54. The van der Waals surface area contributed by atoms with Crippen molar-refractivity contribution in [1.29, 1.82) is 0 Å². The number of fused-ring (bicyclic) bond motifs is 11. The third kappa shape index (κ3) is 13.3. The Morgan fingerprint density at radius 1 is 0.133 bits per heavy atom. The Morgan fingerprint density at radius 2 is 0.445 bits per heavy atom. The molecule has 2 aromatic heterocycles. The van der Waals surface area contributed by atoms with Gasteiger partial charge in [-0.3, -0.25) is 0 Å². The summed E-state index contributed by atoms with van der Waals surface area (Å²) in [6.45, 7) is 0. The van der Waals surface area contributed by atoms with Crippen LogP contribution in [0.5, 0.6) is 0 Å². The van der Waals surface area contributed by atoms with Crippen molar-refractivity contribution in [3.05, 3.63) is 497 Å². The molecule has 0 saturated carbocycles. The second kappa shape index (κ2) is 31.8. The highest BCUT2D eigenvalue weighted by atomic mass is 15.1. The van der Waals surface area contributed by atoms with Gasteiger partial charge in [-0.05, 0) is 248 Å². The second-order valence-electron chi connectivity index (χ2n) is 33.4. The van der Waals surface area contributed by atoms with E-state index >= 15 is 0 Å². The van der Waals surface area contributed by atoms with Gasteiger partial charge < -0.3 is 18.9 Å². The lowest BCUT2D eigenvalue weighted by atomic mass is 9.93. The van der Waals surface area contributed by atoms with Gasteiger partial charge in [0.1, 0.15) is 0 Å². The van der Waals surface area contributed by atoms with Crippen molar-refractivity contribution in [2.45, 2.75) is 0 Å². The van der Waals surface area contributed by atoms with E-state index in [-0.39, 0.29) is 0 Å². The second-order valence-corrected chi connectivity index (χ2v) is 33.4. The van der Waals surface area contributed by atoms with Crippen molar-refractivity contribution in [3.8, 4) is 112 Å². The predicted octanol–water partition coefficient (Wildman–Crippen LogP) is 34.4. The topological polar surface area (TPSA) is 16.3 Å². The number of rotatable bonds is 17. The fourth-order valence-electron chi connectivity index (χ4n) is 19.9. The van der Waals surface area contributed by atoms with E-state index in [0.717, 1.165) is 107 Å². The number of para-hydroxylation sites is 6. The lowest BCUT2D eigenvalue weighted by Gasteiger charge is -2.28. The van der Waals surface area contributed by atoms with Crippen LogP contribution in [-0.2, 0) is 0 Å². The highest BCUT2D eigenvalue weighted by molar-refractivity contribution is 6.13. The van der Waals surface area contributed by atoms with Gasteiger partial charge in [-0.1, -0.05) is 376 Å². The van der Waals surface area contributed by atoms with E-state index in [2.05, 4.69) is 516 Å². The Bertz CT molecular complexity index is 8270. The molecule has 0 unspecified atom stereocenters. The zero-order valence-corrected chi connectivity index (χ0v) is 70.1. The number of hydrogen-bond acceptors (Lipinski definition) is 2. The summed E-state index contributed by atoms with van der Waals surface area (Å²) in [6.07, 6.45) is 0. The number of hydrogen-bond donors (Lipinski definition) is 0. The zero-order valence-electron chi connectivity index (χ0n) is 70.1. The summed E-state index contributed by atoms with van der Waals surface area (Å²) in [7, 11) is 0. The van der Waals surface area contributed by atoms with Crippen LogP contribution < -0.4 is 9.80 Å². The molecule has 22 aromatic carbocycles. The fraction of sp³-hybridized carbons (Fsp3) is 0. The molecule has 2 heterocycles. The van der Waals surface area contributed by atoms with Crippen LogP contribution in [0.25, 0.3) is 198 Å². The molecule has 0 bridgehead atoms. The molecule has 0 spiro atoms. The summed E-state index contributed by atoms with van der Waals surface area (Å²) in [6, 6.07) is 183. The summed E-state index contributed by atoms with van der Waals surface area (Å²) in [5.74, 6) is 0. The van der Waals surface area contributed by atoms with Gasteiger partial charge in [-0.25, -0.2) is 0 Å². The van der Waals surface area contributed by atoms with E-state index in [1.54, 1.807) is 0 Å². The maximum atomic E-state index is 2.46. The van der Waals surface area contributed by atoms with E-state index in [9.17, 15) is 0 Å². The lowest BCUT2D eigenvalue weighted by Crippen LogP contribution is -2.11. The van der Waals surface area contributed by atoms with Gasteiger partial charge in [0.15, 0.2) is 0 Å². The van der Waals surface area contributed by atoms with Crippen molar-refractivity contribution in [1.82, 2.24) is 9.13 Å². The number of aromatic nitrogens is 2. The first-order valence-electron chi connectivity index (χ1n) is 44.1. The third-order valence-corrected chi connectivity index (χ3v) is 26.1. The van der Waals surface area contributed by atoms with Crippen LogP contribution in [0.15, 0.2) is 497 Å². The van der Waals surface area contributed by atoms with Crippen molar-refractivity contribution in [2.24, 2.45) is 0 Å². The van der Waals surface area contributed by atoms with Gasteiger partial charge in [0.05, 0.1) is 39.1 Å². The molecule has 598 valence electrons. The summed E-state index contributed by atoms with van der Waals surface area (Å²) < 4.78 is 4.88. The molecule has 24 rings (SSSR count). The predicted molar refractivity (Wildman–Crippen MR) is 543 cm³/mol. The molecule has 0 aliphatic heterocycles. The Balaban J connectivity index is 0.561. The third-order valence-electron chi connectivity index (χ3n) is 26.1. The number of nitrogens with zero attached hydrogens (tertiary/aromatic N) is 4. The molecule has 0 atom stereocenters. The maximum absolute atomic E-state index is 2.46. The number of benzene rings is 22. The van der Waals surface area contributed by atoms with Gasteiger partial charge >= 0.3 is 0 Å². The van der Waals surface area contributed by atoms with Crippen LogP contribution in [0, 0.1) is 0 Å². The first-order valence-corrected chi connectivity index (χ1v) is 44.1. The smallest absolute Gasteiger partial charge is 0.0541 e. The van der Waals surface area contributed by atoms with Gasteiger partial charge in [0, 0.05) is 66.7 Å². The van der Waals surface area contributed by atoms with E-state index in [4.69, 9.17) is 0 Å². The molecule has 0 fully saturated rings. The molecule has 0 saturated heterocycles. The minimum atomic E-state index is 1.06. The summed E-state index contributed by atoms with van der Waals surface area (Å²) in [5.41, 5.74) is 34.4. The molecule has 0 radical (unpaired) electrons. The minimum absolute atomic E-state index is 1.06. The molecule has 4 heteroatoms. The van der Waals surface area contributed by atoms with E-state index < -0.39 is 0 Å². The van der Waals surface area contributed by atoms with Crippen LogP contribution in [-0.4, -0.2) is 9.13 Å². The monoisotopic (exact) mass is 1630 g/mol. The Labute approximate surface area is 743 Å². The van der Waals surface area contributed by atoms with Crippen LogP contribution >= 0.6 is 0 Å². The Morgan fingerprint density at radius 3 is 0.977 bits per heavy atom. The molecule has 24 aromatic rings. The van der Waals surface area contributed by atoms with Crippen molar-refractivity contribution < 1.29 is 0 Å². The van der Waals surface area contributed by atoms with Crippen LogP contribution in [0.3, 0.4) is 0 Å². The Hall–Kier alpha value is -16.9. The molecular weight excluding hydrogens is 1550 g/mol. The van der Waals surface area contributed by atoms with Gasteiger partial charge in [0.25, 0.3) is 0 Å². The van der Waals surface area contributed by atoms with Crippen molar-refractivity contribution in [3.63, 3.8) is 0 Å². The zero-order chi connectivity index (χ0) is 84.5. The van der Waals surface area contributed by atoms with E-state index in [1.807, 2.05) is 0 Å². The first-order chi connectivity index (χ1) is 63.5. The molecule has 128 heavy (non-hydrogen) atoms. The summed E-state index contributed by atoms with van der Waals surface area (Å²) >= 11 is 0. The normalized spacial score (nSPS) is 11.6. The molecule has 0 N–H and O–H groups in total. The van der Waals surface area contributed by atoms with Crippen molar-refractivity contribution in [2.75, 3.05) is 9.80 Å². The first kappa shape index (κ1) is 74.9. The number of anilines is 6. The highest BCUT2D eigenvalue weighted by Crippen LogP contribution is 2.48. The van der Waals surface area contributed by atoms with Gasteiger partial charge in [-0.2, -0.15) is 0 Å². The van der Waals surface area contributed by atoms with Gasteiger partial charge in [0.2, 0.25) is 0 Å². The SMILES string of the molecule is c1ccc(-c2cccc(-c3ccccc3N(c3ccc(-c4ccc(-c5cc(-c6ccc7c(ccc8cc(N(c9ccc(-c%10ccc(-c%11ccccc%11-n%11c%12ccccc%12c%12ccccc%12%11)cc%10)cc9)c9ccc(-c%10cccc%11ccccc%10%11)cc9)ccc87)c6)ccc5-n5c6ccccc6c6ccccc65)cc4)cc3)c3ccc(-c4cccc5ccccc45)cc3)c2)cc1. The summed E-state index contributed by atoms with van der Waals surface area (Å²) in [5, 5.41) is 14.6.